The Morgan fingerprint density at radius 1 is 1.17 bits per heavy atom. The highest BCUT2D eigenvalue weighted by molar-refractivity contribution is 6.00. The molecule has 2 unspecified atom stereocenters. The van der Waals surface area contributed by atoms with Crippen molar-refractivity contribution in [3.63, 3.8) is 0 Å². The molecule has 0 radical (unpaired) electrons. The van der Waals surface area contributed by atoms with Crippen molar-refractivity contribution in [3.05, 3.63) is 53.1 Å². The van der Waals surface area contributed by atoms with Gasteiger partial charge in [0.05, 0.1) is 31.7 Å². The Morgan fingerprint density at radius 2 is 1.94 bits per heavy atom. The quantitative estimate of drug-likeness (QED) is 0.258. The number of amides is 2. The lowest BCUT2D eigenvalue weighted by Crippen LogP contribution is -2.42. The number of aryl methyl sites for hydroxylation is 1. The van der Waals surface area contributed by atoms with E-state index in [2.05, 4.69) is 26.3 Å². The van der Waals surface area contributed by atoms with E-state index in [9.17, 15) is 34.8 Å². The highest BCUT2D eigenvalue weighted by atomic mass is 16.4. The fraction of sp³-hybridized carbons (Fsp3) is 0.304. The zero-order valence-electron chi connectivity index (χ0n) is 18.9. The first-order chi connectivity index (χ1) is 16.6. The van der Waals surface area contributed by atoms with Gasteiger partial charge in [0.25, 0.3) is 5.91 Å². The van der Waals surface area contributed by atoms with E-state index in [0.717, 1.165) is 5.56 Å². The Labute approximate surface area is 200 Å². The number of carboxylic acids is 1. The van der Waals surface area contributed by atoms with E-state index in [-0.39, 0.29) is 29.2 Å². The predicted molar refractivity (Wildman–Crippen MR) is 126 cm³/mol. The van der Waals surface area contributed by atoms with Crippen LogP contribution in [-0.2, 0) is 9.59 Å². The Kier molecular flexibility index (Phi) is 8.10. The van der Waals surface area contributed by atoms with Crippen LogP contribution in [0.1, 0.15) is 33.9 Å². The molecule has 0 fully saturated rings. The third kappa shape index (κ3) is 7.33. The van der Waals surface area contributed by atoms with Crippen molar-refractivity contribution in [1.82, 2.24) is 16.0 Å². The van der Waals surface area contributed by atoms with E-state index in [0.29, 0.717) is 18.2 Å². The second kappa shape index (κ2) is 11.2. The molecule has 0 spiro atoms. The topological polar surface area (TPSA) is 193 Å². The molecule has 1 aliphatic heterocycles. The van der Waals surface area contributed by atoms with Gasteiger partial charge in [-0.25, -0.2) is 0 Å². The number of phenolic OH excluding ortho intramolecular Hbond substituents is 2. The number of benzene rings is 2. The van der Waals surface area contributed by atoms with Crippen LogP contribution in [0.4, 0.5) is 5.69 Å². The second-order valence-electron chi connectivity index (χ2n) is 8.08. The van der Waals surface area contributed by atoms with E-state index >= 15 is 0 Å². The summed E-state index contributed by atoms with van der Waals surface area (Å²) >= 11 is 0. The predicted octanol–water partition coefficient (Wildman–Crippen LogP) is 0.200. The van der Waals surface area contributed by atoms with E-state index in [1.165, 1.54) is 24.3 Å². The number of aliphatic hydroxyl groups excluding tert-OH is 1. The molecule has 2 aromatic carbocycles. The summed E-state index contributed by atoms with van der Waals surface area (Å²) in [4.78, 5) is 40.4. The van der Waals surface area contributed by atoms with Crippen LogP contribution in [0.15, 0.2) is 41.4 Å². The number of β-amino-alcohol motifs (C(OH)–C–C–N with tert-alkyl or cyclic N) is 1. The Morgan fingerprint density at radius 3 is 2.63 bits per heavy atom. The number of hydrogen-bond donors (Lipinski definition) is 8. The number of nitrogens with one attached hydrogen (secondary N) is 4. The molecule has 2 atom stereocenters. The van der Waals surface area contributed by atoms with E-state index < -0.39 is 42.9 Å². The average molecular weight is 485 g/mol. The maximum Gasteiger partial charge on any atom is 0.305 e. The number of anilines is 1. The largest absolute Gasteiger partial charge is 0.508 e. The number of carboxylic acid groups (broad SMARTS) is 1. The zero-order chi connectivity index (χ0) is 25.5. The number of carbonyl (C=O) groups excluding carboxylic acids is 2. The fourth-order valence-electron chi connectivity index (χ4n) is 3.44. The SMILES string of the molecule is Cc1ccc(O)c(C(CC(=O)O)NC(=O)CNC(=O)c2cc(O)cc(NC3=NCC(O)CN3)c2)c1. The first kappa shape index (κ1) is 25.3. The molecule has 3 rings (SSSR count). The van der Waals surface area contributed by atoms with Gasteiger partial charge in [-0.2, -0.15) is 0 Å². The van der Waals surface area contributed by atoms with Crippen molar-refractivity contribution in [1.29, 1.82) is 0 Å². The number of aliphatic imine (C=N–C) groups is 1. The molecule has 186 valence electrons. The first-order valence-electron chi connectivity index (χ1n) is 10.8. The molecule has 2 aromatic rings. The molecule has 35 heavy (non-hydrogen) atoms. The molecule has 1 aliphatic rings. The van der Waals surface area contributed by atoms with Gasteiger partial charge in [-0.15, -0.1) is 0 Å². The summed E-state index contributed by atoms with van der Waals surface area (Å²) in [6.45, 7) is 1.81. The van der Waals surface area contributed by atoms with Crippen LogP contribution in [-0.4, -0.2) is 69.9 Å². The number of guanidine groups is 1. The van der Waals surface area contributed by atoms with Gasteiger partial charge in [0.15, 0.2) is 5.96 Å². The number of aliphatic carboxylic acids is 1. The standard InChI is InChI=1S/C23H27N5O7/c1-12-2-3-19(31)17(4-12)18(8-21(33)34)28-20(32)11-24-22(35)13-5-14(7-15(29)6-13)27-23-25-9-16(30)10-26-23/h2-7,16,18,29-31H,8-11H2,1H3,(H,24,35)(H,28,32)(H,33,34)(H2,25,26,27). The fourth-order valence-corrected chi connectivity index (χ4v) is 3.44. The van der Waals surface area contributed by atoms with Crippen molar-refractivity contribution in [3.8, 4) is 11.5 Å². The maximum absolute atomic E-state index is 12.6. The molecule has 12 nitrogen and oxygen atoms in total. The van der Waals surface area contributed by atoms with E-state index in [4.69, 9.17) is 0 Å². The molecule has 12 heteroatoms. The lowest BCUT2D eigenvalue weighted by atomic mass is 10.0. The molecular formula is C23H27N5O7. The van der Waals surface area contributed by atoms with Crippen LogP contribution in [0.2, 0.25) is 0 Å². The summed E-state index contributed by atoms with van der Waals surface area (Å²) in [5, 5.41) is 49.5. The molecule has 0 aliphatic carbocycles. The van der Waals surface area contributed by atoms with Crippen molar-refractivity contribution in [2.45, 2.75) is 25.5 Å². The van der Waals surface area contributed by atoms with Crippen LogP contribution < -0.4 is 21.3 Å². The Balaban J connectivity index is 1.63. The van der Waals surface area contributed by atoms with Gasteiger partial charge in [-0.3, -0.25) is 19.4 Å². The summed E-state index contributed by atoms with van der Waals surface area (Å²) < 4.78 is 0. The monoisotopic (exact) mass is 485 g/mol. The molecule has 1 heterocycles. The van der Waals surface area contributed by atoms with E-state index in [1.54, 1.807) is 19.1 Å². The minimum atomic E-state index is -1.17. The third-order valence-corrected chi connectivity index (χ3v) is 5.09. The maximum atomic E-state index is 12.6. The van der Waals surface area contributed by atoms with Gasteiger partial charge < -0.3 is 41.7 Å². The van der Waals surface area contributed by atoms with Gasteiger partial charge in [-0.05, 0) is 25.1 Å². The number of carbonyl (C=O) groups is 3. The van der Waals surface area contributed by atoms with Crippen molar-refractivity contribution in [2.75, 3.05) is 25.0 Å². The molecule has 0 saturated carbocycles. The number of aromatic hydroxyl groups is 2. The van der Waals surface area contributed by atoms with Crippen LogP contribution >= 0.6 is 0 Å². The van der Waals surface area contributed by atoms with Crippen LogP contribution in [0.3, 0.4) is 0 Å². The molecule has 8 N–H and O–H groups in total. The van der Waals surface area contributed by atoms with Crippen molar-refractivity contribution < 1.29 is 34.8 Å². The van der Waals surface area contributed by atoms with Gasteiger partial charge in [-0.1, -0.05) is 17.7 Å². The molecule has 0 bridgehead atoms. The molecular weight excluding hydrogens is 458 g/mol. The number of aliphatic hydroxyl groups is 1. The lowest BCUT2D eigenvalue weighted by molar-refractivity contribution is -0.137. The molecule has 0 saturated heterocycles. The number of phenols is 2. The van der Waals surface area contributed by atoms with Gasteiger partial charge in [0.2, 0.25) is 5.91 Å². The highest BCUT2D eigenvalue weighted by Gasteiger charge is 2.22. The summed E-state index contributed by atoms with van der Waals surface area (Å²) in [5.41, 5.74) is 1.45. The molecule has 0 aromatic heterocycles. The zero-order valence-corrected chi connectivity index (χ0v) is 18.9. The van der Waals surface area contributed by atoms with Crippen LogP contribution in [0.25, 0.3) is 0 Å². The van der Waals surface area contributed by atoms with Gasteiger partial charge in [0.1, 0.15) is 11.5 Å². The third-order valence-electron chi connectivity index (χ3n) is 5.09. The Hall–Kier alpha value is -4.32. The summed E-state index contributed by atoms with van der Waals surface area (Å²) in [6.07, 6.45) is -1.06. The minimum absolute atomic E-state index is 0.0650. The second-order valence-corrected chi connectivity index (χ2v) is 8.08. The first-order valence-corrected chi connectivity index (χ1v) is 10.8. The summed E-state index contributed by atoms with van der Waals surface area (Å²) in [5.74, 6) is -2.47. The van der Waals surface area contributed by atoms with Gasteiger partial charge in [0, 0.05) is 29.4 Å². The minimum Gasteiger partial charge on any atom is -0.508 e. The number of hydrogen-bond acceptors (Lipinski definition) is 9. The van der Waals surface area contributed by atoms with Crippen molar-refractivity contribution >= 4 is 29.4 Å². The Bertz CT molecular complexity index is 1150. The van der Waals surface area contributed by atoms with Crippen LogP contribution in [0, 0.1) is 6.92 Å². The number of rotatable bonds is 8. The lowest BCUT2D eigenvalue weighted by Gasteiger charge is -2.20. The van der Waals surface area contributed by atoms with Crippen LogP contribution in [0.5, 0.6) is 11.5 Å². The molecule has 2 amide bonds. The summed E-state index contributed by atoms with van der Waals surface area (Å²) in [7, 11) is 0. The van der Waals surface area contributed by atoms with Gasteiger partial charge >= 0.3 is 5.97 Å². The summed E-state index contributed by atoms with van der Waals surface area (Å²) in [6, 6.07) is 7.68. The number of nitrogens with zero attached hydrogens (tertiary/aromatic N) is 1. The van der Waals surface area contributed by atoms with E-state index in [1.807, 2.05) is 0 Å². The smallest absolute Gasteiger partial charge is 0.305 e. The highest BCUT2D eigenvalue weighted by Crippen LogP contribution is 2.27. The van der Waals surface area contributed by atoms with Crippen molar-refractivity contribution in [2.24, 2.45) is 4.99 Å². The normalized spacial score (nSPS) is 15.8. The average Bonchev–Trinajstić information content (AvgIpc) is 2.79.